The van der Waals surface area contributed by atoms with Crippen molar-refractivity contribution in [3.63, 3.8) is 0 Å². The van der Waals surface area contributed by atoms with Crippen molar-refractivity contribution in [1.29, 1.82) is 0 Å². The van der Waals surface area contributed by atoms with Gasteiger partial charge in [-0.2, -0.15) is 5.10 Å². The van der Waals surface area contributed by atoms with Crippen LogP contribution in [0.2, 0.25) is 0 Å². The maximum atomic E-state index is 12.1. The number of hydrogen-bond donors (Lipinski definition) is 2. The minimum absolute atomic E-state index is 0.123. The Labute approximate surface area is 211 Å². The molecule has 35 heavy (non-hydrogen) atoms. The summed E-state index contributed by atoms with van der Waals surface area (Å²) in [5.74, 6) is 0.330. The van der Waals surface area contributed by atoms with Crippen LogP contribution < -0.4 is 10.6 Å². The van der Waals surface area contributed by atoms with E-state index in [4.69, 9.17) is 0 Å². The number of amides is 1. The highest BCUT2D eigenvalue weighted by Crippen LogP contribution is 2.20. The lowest BCUT2D eigenvalue weighted by Gasteiger charge is -2.05. The Morgan fingerprint density at radius 1 is 1.03 bits per heavy atom. The van der Waals surface area contributed by atoms with E-state index < -0.39 is 0 Å². The number of aliphatic imine (C=N–C) groups is 1. The molecule has 0 fully saturated rings. The van der Waals surface area contributed by atoms with Crippen molar-refractivity contribution in [3.05, 3.63) is 83.8 Å². The number of aromatic nitrogens is 4. The molecule has 9 heteroatoms. The molecule has 1 amide bonds. The highest BCUT2D eigenvalue weighted by Gasteiger charge is 2.08. The Bertz CT molecular complexity index is 1110. The zero-order valence-corrected chi connectivity index (χ0v) is 21.3. The van der Waals surface area contributed by atoms with Gasteiger partial charge in [0.25, 0.3) is 0 Å². The molecule has 8 nitrogen and oxygen atoms in total. The maximum absolute atomic E-state index is 12.1. The van der Waals surface area contributed by atoms with Crippen LogP contribution in [0.25, 0.3) is 0 Å². The van der Waals surface area contributed by atoms with E-state index in [1.54, 1.807) is 18.4 Å². The van der Waals surface area contributed by atoms with E-state index >= 15 is 0 Å². The molecule has 2 aromatic rings. The summed E-state index contributed by atoms with van der Waals surface area (Å²) in [4.78, 5) is 16.2. The van der Waals surface area contributed by atoms with Crippen LogP contribution in [-0.4, -0.2) is 32.5 Å². The summed E-state index contributed by atoms with van der Waals surface area (Å²) in [6.45, 7) is 19.1. The van der Waals surface area contributed by atoms with Crippen LogP contribution >= 0.6 is 11.3 Å². The van der Waals surface area contributed by atoms with Crippen molar-refractivity contribution < 1.29 is 4.79 Å². The smallest absolute Gasteiger partial charge is 0.229 e. The summed E-state index contributed by atoms with van der Waals surface area (Å²) in [6, 6.07) is 3.68. The summed E-state index contributed by atoms with van der Waals surface area (Å²) in [5.41, 5.74) is 4.20. The predicted octanol–water partition coefficient (Wildman–Crippen LogP) is 5.83. The zero-order chi connectivity index (χ0) is 25.6. The second kappa shape index (κ2) is 14.5. The van der Waals surface area contributed by atoms with Gasteiger partial charge in [0, 0.05) is 36.9 Å². The SMILES string of the molecule is C=CC=NC(=C)CC(=C)Nc1nnc(CCCCc2ccc(NC(=O)C/C(C)=C/C(=C)C)nn2)s1. The van der Waals surface area contributed by atoms with Crippen LogP contribution in [0.5, 0.6) is 0 Å². The maximum Gasteiger partial charge on any atom is 0.229 e. The molecule has 0 bridgehead atoms. The second-order valence-electron chi connectivity index (χ2n) is 8.17. The lowest BCUT2D eigenvalue weighted by molar-refractivity contribution is -0.115. The van der Waals surface area contributed by atoms with E-state index in [9.17, 15) is 4.79 Å². The van der Waals surface area contributed by atoms with Gasteiger partial charge in [0.2, 0.25) is 11.0 Å². The molecule has 0 aromatic carbocycles. The number of unbranched alkanes of at least 4 members (excludes halogenated alkanes) is 1. The number of carbonyl (C=O) groups is 1. The molecule has 2 aromatic heterocycles. The molecule has 2 N–H and O–H groups in total. The van der Waals surface area contributed by atoms with Crippen LogP contribution in [0, 0.1) is 0 Å². The highest BCUT2D eigenvalue weighted by molar-refractivity contribution is 7.15. The molecule has 2 rings (SSSR count). The molecule has 0 saturated carbocycles. The number of nitrogens with zero attached hydrogens (tertiary/aromatic N) is 5. The first kappa shape index (κ1) is 27.5. The van der Waals surface area contributed by atoms with Gasteiger partial charge in [0.15, 0.2) is 5.82 Å². The second-order valence-corrected chi connectivity index (χ2v) is 9.23. The standard InChI is InChI=1S/C26H33N7OS/c1-7-14-27-20(5)17-21(6)28-26-33-32-25(35-26)11-9-8-10-22-12-13-23(31-30-22)29-24(34)16-19(4)15-18(2)3/h7,12-15H,1-2,5-6,8-11,16-17H2,3-4H3,(H,28,33)(H,29,31,34)/b19-15+,27-14?. The minimum atomic E-state index is -0.123. The fourth-order valence-corrected chi connectivity index (χ4v) is 3.93. The van der Waals surface area contributed by atoms with Crippen LogP contribution in [0.4, 0.5) is 10.9 Å². The average Bonchev–Trinajstić information content (AvgIpc) is 3.22. The third-order valence-corrected chi connectivity index (χ3v) is 5.42. The van der Waals surface area contributed by atoms with E-state index in [-0.39, 0.29) is 5.91 Å². The molecule has 0 aliphatic heterocycles. The Morgan fingerprint density at radius 2 is 1.80 bits per heavy atom. The number of hydrogen-bond acceptors (Lipinski definition) is 8. The quantitative estimate of drug-likeness (QED) is 0.184. The van der Waals surface area contributed by atoms with E-state index in [1.807, 2.05) is 26.0 Å². The first-order chi connectivity index (χ1) is 16.7. The van der Waals surface area contributed by atoms with E-state index in [0.29, 0.717) is 29.5 Å². The van der Waals surface area contributed by atoms with Crippen molar-refractivity contribution >= 4 is 34.4 Å². The fraction of sp³-hybridized carbons (Fsp3) is 0.308. The summed E-state index contributed by atoms with van der Waals surface area (Å²) in [6.07, 6.45) is 9.45. The zero-order valence-electron chi connectivity index (χ0n) is 20.5. The molecular weight excluding hydrogens is 458 g/mol. The third kappa shape index (κ3) is 11.3. The van der Waals surface area contributed by atoms with Crippen molar-refractivity contribution in [2.45, 2.75) is 52.4 Å². The van der Waals surface area contributed by atoms with Gasteiger partial charge in [-0.1, -0.05) is 61.0 Å². The number of rotatable bonds is 15. The summed E-state index contributed by atoms with van der Waals surface area (Å²) < 4.78 is 0. The van der Waals surface area contributed by atoms with Gasteiger partial charge in [-0.15, -0.1) is 15.3 Å². The predicted molar refractivity (Wildman–Crippen MR) is 146 cm³/mol. The first-order valence-electron chi connectivity index (χ1n) is 11.3. The molecule has 0 aliphatic rings. The third-order valence-electron chi connectivity index (χ3n) is 4.52. The molecule has 0 spiro atoms. The molecule has 184 valence electrons. The van der Waals surface area contributed by atoms with Gasteiger partial charge in [-0.05, 0) is 45.2 Å². The largest absolute Gasteiger partial charge is 0.334 e. The normalized spacial score (nSPS) is 11.3. The molecular formula is C26H33N7OS. The lowest BCUT2D eigenvalue weighted by Crippen LogP contribution is -2.13. The molecule has 2 heterocycles. The van der Waals surface area contributed by atoms with Crippen LogP contribution in [0.3, 0.4) is 0 Å². The topological polar surface area (TPSA) is 105 Å². The Hall–Kier alpha value is -3.72. The molecule has 0 radical (unpaired) electrons. The Morgan fingerprint density at radius 3 is 2.49 bits per heavy atom. The average molecular weight is 492 g/mol. The van der Waals surface area contributed by atoms with Crippen LogP contribution in [0.15, 0.2) is 78.1 Å². The number of allylic oxidation sites excluding steroid dienone is 3. The van der Waals surface area contributed by atoms with Gasteiger partial charge in [-0.25, -0.2) is 0 Å². The van der Waals surface area contributed by atoms with Gasteiger partial charge in [0.1, 0.15) is 5.01 Å². The number of anilines is 2. The van der Waals surface area contributed by atoms with E-state index in [0.717, 1.165) is 53.2 Å². The summed E-state index contributed by atoms with van der Waals surface area (Å²) >= 11 is 1.51. The van der Waals surface area contributed by atoms with Gasteiger partial charge in [0.05, 0.1) is 5.69 Å². The monoisotopic (exact) mass is 491 g/mol. The molecule has 0 unspecified atom stereocenters. The molecule has 0 atom stereocenters. The fourth-order valence-electron chi connectivity index (χ4n) is 3.10. The van der Waals surface area contributed by atoms with Gasteiger partial charge in [-0.3, -0.25) is 9.79 Å². The summed E-state index contributed by atoms with van der Waals surface area (Å²) in [7, 11) is 0. The van der Waals surface area contributed by atoms with Gasteiger partial charge < -0.3 is 10.6 Å². The van der Waals surface area contributed by atoms with Crippen LogP contribution in [0.1, 0.15) is 50.2 Å². The van der Waals surface area contributed by atoms with Crippen molar-refractivity contribution in [1.82, 2.24) is 20.4 Å². The van der Waals surface area contributed by atoms with Crippen molar-refractivity contribution in [2.24, 2.45) is 4.99 Å². The Balaban J connectivity index is 1.70. The highest BCUT2D eigenvalue weighted by atomic mass is 32.1. The van der Waals surface area contributed by atoms with Crippen LogP contribution in [-0.2, 0) is 17.6 Å². The Kier molecular flexibility index (Phi) is 11.4. The minimum Gasteiger partial charge on any atom is -0.334 e. The number of carbonyl (C=O) groups excluding carboxylic acids is 1. The molecule has 0 aliphatic carbocycles. The first-order valence-corrected chi connectivity index (χ1v) is 12.1. The van der Waals surface area contributed by atoms with Crippen molar-refractivity contribution in [3.8, 4) is 0 Å². The molecule has 0 saturated heterocycles. The van der Waals surface area contributed by atoms with E-state index in [2.05, 4.69) is 62.3 Å². The number of aryl methyl sites for hydroxylation is 2. The van der Waals surface area contributed by atoms with E-state index in [1.165, 1.54) is 11.3 Å². The lowest BCUT2D eigenvalue weighted by atomic mass is 10.1. The number of nitrogens with one attached hydrogen (secondary N) is 2. The van der Waals surface area contributed by atoms with Gasteiger partial charge >= 0.3 is 0 Å². The summed E-state index contributed by atoms with van der Waals surface area (Å²) in [5, 5.41) is 24.4. The van der Waals surface area contributed by atoms with Crippen molar-refractivity contribution in [2.75, 3.05) is 10.6 Å².